The van der Waals surface area contributed by atoms with Crippen molar-refractivity contribution in [1.82, 2.24) is 0 Å². The van der Waals surface area contributed by atoms with E-state index in [0.29, 0.717) is 19.3 Å². The summed E-state index contributed by atoms with van der Waals surface area (Å²) in [4.78, 5) is 54.4. The van der Waals surface area contributed by atoms with Crippen molar-refractivity contribution in [2.45, 2.75) is 221 Å². The maximum absolute atomic E-state index is 14.0. The Hall–Kier alpha value is -3.50. The maximum Gasteiger partial charge on any atom is 0.331 e. The molecule has 1 aromatic rings. The van der Waals surface area contributed by atoms with Gasteiger partial charge in [-0.3, -0.25) is 14.4 Å². The molecule has 0 amide bonds. The molecule has 78 heavy (non-hydrogen) atoms. The van der Waals surface area contributed by atoms with Crippen LogP contribution in [0.2, 0.25) is 0 Å². The number of esters is 1. The minimum Gasteiger partial charge on any atom is -0.458 e. The number of carbonyl (C=O) groups is 4. The molecule has 4 heterocycles. The van der Waals surface area contributed by atoms with Gasteiger partial charge in [0.2, 0.25) is 0 Å². The van der Waals surface area contributed by atoms with Crippen molar-refractivity contribution in [3.8, 4) is 0 Å². The van der Waals surface area contributed by atoms with Crippen molar-refractivity contribution in [3.05, 3.63) is 54.1 Å². The van der Waals surface area contributed by atoms with Gasteiger partial charge in [0.25, 0.3) is 0 Å². The normalized spacial score (nSPS) is 45.5. The van der Waals surface area contributed by atoms with E-state index < -0.39 is 164 Å². The second-order valence-corrected chi connectivity index (χ2v) is 22.7. The minimum absolute atomic E-state index is 0.0543. The second kappa shape index (κ2) is 24.9. The van der Waals surface area contributed by atoms with E-state index in [1.165, 1.54) is 39.4 Å². The number of allylic oxidation sites excluding steroid dienone is 1. The number of methoxy groups -OCH3 is 2. The van der Waals surface area contributed by atoms with E-state index in [2.05, 4.69) is 0 Å². The van der Waals surface area contributed by atoms with Crippen molar-refractivity contribution in [3.63, 3.8) is 0 Å². The summed E-state index contributed by atoms with van der Waals surface area (Å²) < 4.78 is 66.9. The molecule has 7 N–H and O–H groups in total. The molecule has 1 aromatic carbocycles. The molecule has 8 rings (SSSR count). The number of hydrogen-bond acceptors (Lipinski definition) is 22. The summed E-state index contributed by atoms with van der Waals surface area (Å²) in [5, 5.41) is 76.2. The number of Topliss-reactive ketones (excluding diaryl/α,β-unsaturated/α-hetero) is 2. The minimum atomic E-state index is -1.71. The molecule has 0 unspecified atom stereocenters. The molecule has 2 saturated carbocycles. The van der Waals surface area contributed by atoms with E-state index in [1.54, 1.807) is 33.8 Å². The van der Waals surface area contributed by atoms with Crippen molar-refractivity contribution in [1.29, 1.82) is 0 Å². The van der Waals surface area contributed by atoms with Gasteiger partial charge in [-0.15, -0.1) is 0 Å². The molecule has 0 aromatic heterocycles. The van der Waals surface area contributed by atoms with Crippen LogP contribution in [-0.4, -0.2) is 208 Å². The summed E-state index contributed by atoms with van der Waals surface area (Å²) in [5.41, 5.74) is -3.30. The van der Waals surface area contributed by atoms with E-state index >= 15 is 0 Å². The molecular formula is C56H80O22. The Bertz CT molecular complexity index is 2290. The van der Waals surface area contributed by atoms with Crippen LogP contribution in [0.25, 0.3) is 6.08 Å². The number of rotatable bonds is 18. The van der Waals surface area contributed by atoms with Gasteiger partial charge in [0.15, 0.2) is 30.9 Å². The number of aliphatic hydroxyl groups is 7. The summed E-state index contributed by atoms with van der Waals surface area (Å²) >= 11 is 0. The molecule has 3 aliphatic carbocycles. The van der Waals surface area contributed by atoms with Gasteiger partial charge in [0, 0.05) is 63.2 Å². The third kappa shape index (κ3) is 12.2. The first kappa shape index (κ1) is 60.6. The Morgan fingerprint density at radius 2 is 1.42 bits per heavy atom. The highest BCUT2D eigenvalue weighted by Gasteiger charge is 2.62. The number of fused-ring (bicyclic) bond motifs is 1. The lowest BCUT2D eigenvalue weighted by Crippen LogP contribution is -2.65. The lowest BCUT2D eigenvalue weighted by molar-refractivity contribution is -0.373. The first-order valence-corrected chi connectivity index (χ1v) is 27.2. The molecule has 25 atom stereocenters. The van der Waals surface area contributed by atoms with Crippen LogP contribution in [-0.2, 0) is 71.3 Å². The molecule has 0 radical (unpaired) electrons. The van der Waals surface area contributed by atoms with Gasteiger partial charge >= 0.3 is 5.97 Å². The van der Waals surface area contributed by atoms with Gasteiger partial charge in [-0.2, -0.15) is 0 Å². The van der Waals surface area contributed by atoms with Gasteiger partial charge in [-0.05, 0) is 84.1 Å². The highest BCUT2D eigenvalue weighted by Crippen LogP contribution is 2.57. The molecule has 436 valence electrons. The van der Waals surface area contributed by atoms with Gasteiger partial charge < -0.3 is 87.9 Å². The van der Waals surface area contributed by atoms with Gasteiger partial charge in [0.05, 0.1) is 54.2 Å². The molecule has 6 fully saturated rings. The highest BCUT2D eigenvalue weighted by atomic mass is 16.8. The fourth-order valence-corrected chi connectivity index (χ4v) is 13.1. The fourth-order valence-electron chi connectivity index (χ4n) is 13.1. The van der Waals surface area contributed by atoms with E-state index in [0.717, 1.165) is 5.56 Å². The van der Waals surface area contributed by atoms with Crippen LogP contribution in [0.15, 0.2) is 48.6 Å². The molecular weight excluding hydrogens is 1020 g/mol. The molecule has 22 nitrogen and oxygen atoms in total. The summed E-state index contributed by atoms with van der Waals surface area (Å²) in [5.74, 6) is -3.07. The summed E-state index contributed by atoms with van der Waals surface area (Å²) in [6, 6.07) is 9.14. The Morgan fingerprint density at radius 3 is 2.08 bits per heavy atom. The number of carbonyl (C=O) groups excluding carboxylic acids is 4. The quantitative estimate of drug-likeness (QED) is 0.0806. The standard InChI is InChI=1S/C56H80O22/c1-27(58)33-15-16-39(61)55(33,6)40(75-41(62)17-14-31-12-10-9-11-13-31)22-34-35(59)19-21-56(67)25-32(18-20-54(34,56)5)73-43-24-37(68-7)49(29(3)71-43)76-42-23-36(60)48(28(2)70-42)77-53-47(66)51(69-8)50(30(4)72-53)78-52-46(65)45(64)44(63)38(26-57)74-52/h9-14,17,19,21,28-30,32-34,36-38,40,42-53,57,60,63-67H,15-16,18,20,22-26H2,1-8H3/b17-14+/t28-,29-,30+,32+,33-,34+,36+,37+,38-,40-,42+,43+,44-,45+,46-,47+,48-,49-,50+,51+,52+,53+,54-,55-,56+/m1/s1. The summed E-state index contributed by atoms with van der Waals surface area (Å²) in [7, 11) is 2.85. The predicted molar refractivity (Wildman–Crippen MR) is 270 cm³/mol. The third-order valence-corrected chi connectivity index (χ3v) is 17.9. The number of benzene rings is 1. The summed E-state index contributed by atoms with van der Waals surface area (Å²) in [6.07, 6.45) is -15.0. The largest absolute Gasteiger partial charge is 0.458 e. The average Bonchev–Trinajstić information content (AvgIpc) is 3.79. The van der Waals surface area contributed by atoms with Crippen LogP contribution in [0.1, 0.15) is 98.5 Å². The summed E-state index contributed by atoms with van der Waals surface area (Å²) in [6.45, 7) is 9.30. The van der Waals surface area contributed by atoms with Crippen LogP contribution in [0.5, 0.6) is 0 Å². The van der Waals surface area contributed by atoms with E-state index in [1.807, 2.05) is 37.3 Å². The van der Waals surface area contributed by atoms with Crippen LogP contribution in [0, 0.1) is 22.7 Å². The first-order chi connectivity index (χ1) is 37.0. The Morgan fingerprint density at radius 1 is 0.769 bits per heavy atom. The molecule has 7 aliphatic rings. The molecule has 0 spiro atoms. The number of aliphatic hydroxyl groups excluding tert-OH is 6. The van der Waals surface area contributed by atoms with Gasteiger partial charge in [-0.25, -0.2) is 4.79 Å². The van der Waals surface area contributed by atoms with E-state index in [-0.39, 0.29) is 49.5 Å². The second-order valence-electron chi connectivity index (χ2n) is 22.7. The van der Waals surface area contributed by atoms with Crippen molar-refractivity contribution < 1.29 is 107 Å². The van der Waals surface area contributed by atoms with Crippen LogP contribution in [0.3, 0.4) is 0 Å². The average molecular weight is 1110 g/mol. The topological polar surface area (TPSA) is 311 Å². The predicted octanol–water partition coefficient (Wildman–Crippen LogP) is 1.36. The zero-order valence-electron chi connectivity index (χ0n) is 45.5. The van der Waals surface area contributed by atoms with Crippen molar-refractivity contribution >= 4 is 29.4 Å². The van der Waals surface area contributed by atoms with Crippen LogP contribution < -0.4 is 0 Å². The smallest absolute Gasteiger partial charge is 0.331 e. The zero-order chi connectivity index (χ0) is 56.6. The van der Waals surface area contributed by atoms with E-state index in [9.17, 15) is 54.9 Å². The highest BCUT2D eigenvalue weighted by molar-refractivity contribution is 5.97. The maximum atomic E-state index is 14.0. The molecule has 0 bridgehead atoms. The first-order valence-electron chi connectivity index (χ1n) is 27.2. The lowest BCUT2D eigenvalue weighted by atomic mass is 9.52. The number of ether oxygens (including phenoxy) is 11. The van der Waals surface area contributed by atoms with Crippen LogP contribution >= 0.6 is 0 Å². The number of hydrogen-bond donors (Lipinski definition) is 7. The number of ketones is 3. The molecule has 4 aliphatic heterocycles. The van der Waals surface area contributed by atoms with E-state index in [4.69, 9.17) is 52.1 Å². The van der Waals surface area contributed by atoms with Gasteiger partial charge in [0.1, 0.15) is 72.6 Å². The molecule has 22 heteroatoms. The van der Waals surface area contributed by atoms with Crippen LogP contribution in [0.4, 0.5) is 0 Å². The van der Waals surface area contributed by atoms with Gasteiger partial charge in [-0.1, -0.05) is 37.3 Å². The Labute approximate surface area is 454 Å². The molecule has 4 saturated heterocycles. The monoisotopic (exact) mass is 1100 g/mol. The zero-order valence-corrected chi connectivity index (χ0v) is 45.5. The van der Waals surface area contributed by atoms with Crippen molar-refractivity contribution in [2.75, 3.05) is 20.8 Å². The SMILES string of the molecule is CO[C@H]1[C@H](O)[C@H](O[C@H]2[C@@H](O)C[C@H](O[C@H]3[C@@H](OC)C[C@H](O[C@H]4CC[C@]5(C)[C@@H](C[C@@H](OC(=O)/C=C/c6ccccc6)[C@@]6(C)C(=O)CC[C@@H]6C(C)=O)C(=O)C=C[C@]5(O)C4)O[C@@H]3C)O[C@@H]2C)O[C@@H](C)[C@@H]1O[C@@H]1O[C@H](CO)[C@@H](O)[C@H](O)[C@H]1O. The Balaban J connectivity index is 0.866. The fraction of sp³-hybridized carbons (Fsp3) is 0.750. The third-order valence-electron chi connectivity index (χ3n) is 17.9. The lowest BCUT2D eigenvalue weighted by Gasteiger charge is -2.55. The van der Waals surface area contributed by atoms with Crippen molar-refractivity contribution in [2.24, 2.45) is 22.7 Å². The Kier molecular flexibility index (Phi) is 19.4.